The lowest BCUT2D eigenvalue weighted by Crippen LogP contribution is -2.12. The van der Waals surface area contributed by atoms with E-state index in [0.29, 0.717) is 6.61 Å². The Balaban J connectivity index is 0.00000108. The molecular weight excluding hydrogens is 357 g/mol. The minimum absolute atomic E-state index is 0.0660. The molecule has 0 radical (unpaired) electrons. The Bertz CT molecular complexity index is 652. The van der Waals surface area contributed by atoms with Crippen LogP contribution in [0.5, 0.6) is 0 Å². The molecule has 0 bridgehead atoms. The zero-order chi connectivity index (χ0) is 18.2. The van der Waals surface area contributed by atoms with E-state index in [4.69, 9.17) is 29.6 Å². The lowest BCUT2D eigenvalue weighted by Gasteiger charge is -2.13. The van der Waals surface area contributed by atoms with E-state index in [0.717, 1.165) is 6.07 Å². The van der Waals surface area contributed by atoms with Gasteiger partial charge in [-0.3, -0.25) is 0 Å². The molecule has 1 rings (SSSR count). The second-order valence-corrected chi connectivity index (χ2v) is 5.69. The van der Waals surface area contributed by atoms with E-state index in [2.05, 4.69) is 5.16 Å². The van der Waals surface area contributed by atoms with Crippen LogP contribution in [0.25, 0.3) is 0 Å². The van der Waals surface area contributed by atoms with E-state index >= 15 is 0 Å². The number of oxime groups is 1. The second kappa shape index (κ2) is 9.51. The molecule has 0 saturated heterocycles. The maximum Gasteiger partial charge on any atom is 0.417 e. The highest BCUT2D eigenvalue weighted by Gasteiger charge is 2.34. The van der Waals surface area contributed by atoms with Crippen LogP contribution in [-0.4, -0.2) is 20.7 Å². The van der Waals surface area contributed by atoms with Crippen molar-refractivity contribution in [1.29, 1.82) is 4.78 Å². The summed E-state index contributed by atoms with van der Waals surface area (Å²) in [4.78, 5) is 5.00. The Hall–Kier alpha value is -1.61. The highest BCUT2D eigenvalue weighted by Crippen LogP contribution is 2.33. The van der Waals surface area contributed by atoms with Crippen LogP contribution in [-0.2, 0) is 21.5 Å². The summed E-state index contributed by atoms with van der Waals surface area (Å²) in [7, 11) is -2.61. The Morgan fingerprint density at radius 1 is 1.39 bits per heavy atom. The second-order valence-electron chi connectivity index (χ2n) is 4.79. The van der Waals surface area contributed by atoms with E-state index in [9.17, 15) is 13.2 Å². The zero-order valence-electron chi connectivity index (χ0n) is 12.6. The predicted molar refractivity (Wildman–Crippen MR) is 81.1 cm³/mol. The first kappa shape index (κ1) is 21.4. The van der Waals surface area contributed by atoms with E-state index in [1.165, 1.54) is 19.1 Å². The number of hydrogen-bond acceptors (Lipinski definition) is 5. The third-order valence-electron chi connectivity index (χ3n) is 2.29. The van der Waals surface area contributed by atoms with Crippen molar-refractivity contribution < 1.29 is 26.4 Å². The predicted octanol–water partition coefficient (Wildman–Crippen LogP) is 4.38. The van der Waals surface area contributed by atoms with Crippen LogP contribution in [0.1, 0.15) is 31.9 Å². The normalized spacial score (nSPS) is 11.7. The molecule has 5 nitrogen and oxygen atoms in total. The smallest absolute Gasteiger partial charge is 0.395 e. The Kier molecular flexibility index (Phi) is 8.85. The van der Waals surface area contributed by atoms with Crippen molar-refractivity contribution in [2.45, 2.75) is 26.9 Å². The molecule has 1 N–H and O–H groups in total. The summed E-state index contributed by atoms with van der Waals surface area (Å²) in [6.45, 7) is 5.65. The van der Waals surface area contributed by atoms with Crippen LogP contribution in [0.15, 0.2) is 23.4 Å². The third kappa shape index (κ3) is 9.19. The van der Waals surface area contributed by atoms with Crippen LogP contribution in [0.3, 0.4) is 0 Å². The molecule has 0 heterocycles. The van der Waals surface area contributed by atoms with Crippen molar-refractivity contribution in [3.05, 3.63) is 34.3 Å². The highest BCUT2D eigenvalue weighted by atomic mass is 35.5. The zero-order valence-corrected chi connectivity index (χ0v) is 14.2. The van der Waals surface area contributed by atoms with Crippen LogP contribution < -0.4 is 0 Å². The van der Waals surface area contributed by atoms with Gasteiger partial charge >= 0.3 is 16.7 Å². The minimum atomic E-state index is -4.45. The van der Waals surface area contributed by atoms with Crippen molar-refractivity contribution in [3.63, 3.8) is 0 Å². The van der Waals surface area contributed by atoms with Gasteiger partial charge in [-0.2, -0.15) is 26.4 Å². The molecule has 0 saturated carbocycles. The average molecular weight is 373 g/mol. The lowest BCUT2D eigenvalue weighted by atomic mass is 10.0. The molecule has 23 heavy (non-hydrogen) atoms. The fraction of sp³-hybridized carbons (Fsp3) is 0.462. The van der Waals surface area contributed by atoms with Crippen molar-refractivity contribution >= 4 is 27.8 Å². The molecule has 1 aromatic rings. The Labute approximate surface area is 138 Å². The maximum atomic E-state index is 12.9. The third-order valence-corrected chi connectivity index (χ3v) is 2.52. The molecule has 0 aliphatic carbocycles. The van der Waals surface area contributed by atoms with Crippen molar-refractivity contribution in [2.75, 3.05) is 6.61 Å². The van der Waals surface area contributed by atoms with E-state index in [1.807, 2.05) is 13.8 Å². The van der Waals surface area contributed by atoms with E-state index in [-0.39, 0.29) is 22.2 Å². The van der Waals surface area contributed by atoms with Gasteiger partial charge < -0.3 is 4.84 Å². The summed E-state index contributed by atoms with van der Waals surface area (Å²) in [5.74, 6) is 0.248. The molecule has 0 atom stereocenters. The first-order valence-electron chi connectivity index (χ1n) is 6.29. The Morgan fingerprint density at radius 2 is 1.91 bits per heavy atom. The quantitative estimate of drug-likeness (QED) is 0.629. The van der Waals surface area contributed by atoms with Crippen molar-refractivity contribution in [2.24, 2.45) is 11.1 Å². The molecule has 0 unspecified atom stereocenters. The number of rotatable bonds is 4. The number of halogens is 4. The van der Waals surface area contributed by atoms with Crippen LogP contribution in [0, 0.1) is 10.7 Å². The molecule has 0 aromatic heterocycles. The highest BCUT2D eigenvalue weighted by molar-refractivity contribution is 7.60. The minimum Gasteiger partial charge on any atom is -0.395 e. The van der Waals surface area contributed by atoms with Crippen molar-refractivity contribution in [3.8, 4) is 0 Å². The fourth-order valence-electron chi connectivity index (χ4n) is 1.40. The summed E-state index contributed by atoms with van der Waals surface area (Å²) in [6.07, 6.45) is -4.45. The van der Waals surface area contributed by atoms with Gasteiger partial charge in [0, 0.05) is 10.6 Å². The number of nitrogens with one attached hydrogen (secondary N) is 1. The van der Waals surface area contributed by atoms with Gasteiger partial charge in [-0.05, 0) is 31.0 Å². The number of nitrogens with zero attached hydrogens (tertiary/aromatic N) is 1. The first-order valence-corrected chi connectivity index (χ1v) is 7.74. The van der Waals surface area contributed by atoms with Gasteiger partial charge in [0.05, 0.1) is 11.3 Å². The number of alkyl halides is 3. The maximum absolute atomic E-state index is 12.9. The Morgan fingerprint density at radius 3 is 2.35 bits per heavy atom. The molecule has 1 aromatic carbocycles. The average Bonchev–Trinajstić information content (AvgIpc) is 2.35. The van der Waals surface area contributed by atoms with Gasteiger partial charge in [-0.25, -0.2) is 0 Å². The molecule has 0 spiro atoms. The molecule has 0 aliphatic heterocycles. The standard InChI is InChI=1S/C13H15ClF3NO.HNO2S/c1-8(2)7-19-18-9(3)11-6-10(14)4-5-12(11)13(15,16)17;1-4(2)3/h4-6,8H,7H2,1-3H3;1H/b18-9+;. The van der Waals surface area contributed by atoms with E-state index < -0.39 is 22.2 Å². The number of hydrogen-bond donors (Lipinski definition) is 1. The molecular formula is C13H16ClF3N2O3S. The van der Waals surface area contributed by atoms with Gasteiger partial charge in [0.1, 0.15) is 6.61 Å². The lowest BCUT2D eigenvalue weighted by molar-refractivity contribution is -0.137. The summed E-state index contributed by atoms with van der Waals surface area (Å²) < 4.78 is 61.4. The molecule has 0 fully saturated rings. The van der Waals surface area contributed by atoms with Gasteiger partial charge in [-0.15, -0.1) is 0 Å². The summed E-state index contributed by atoms with van der Waals surface area (Å²) in [6, 6.07) is 3.39. The summed E-state index contributed by atoms with van der Waals surface area (Å²) >= 11 is 5.73. The van der Waals surface area contributed by atoms with Gasteiger partial charge in [-0.1, -0.05) is 30.6 Å². The van der Waals surface area contributed by atoms with Crippen LogP contribution in [0.2, 0.25) is 5.02 Å². The molecule has 0 amide bonds. The van der Waals surface area contributed by atoms with Crippen LogP contribution >= 0.6 is 11.6 Å². The SMILES string of the molecule is C/C(=N\OCC(C)C)c1cc(Cl)ccc1C(F)(F)F.N=S(=O)=O. The molecule has 130 valence electrons. The monoisotopic (exact) mass is 372 g/mol. The number of benzene rings is 1. The molecule has 0 aliphatic rings. The fourth-order valence-corrected chi connectivity index (χ4v) is 1.57. The topological polar surface area (TPSA) is 79.6 Å². The van der Waals surface area contributed by atoms with Crippen molar-refractivity contribution in [1.82, 2.24) is 0 Å². The van der Waals surface area contributed by atoms with Gasteiger partial charge in [0.25, 0.3) is 0 Å². The summed E-state index contributed by atoms with van der Waals surface area (Å²) in [5.41, 5.74) is -0.689. The largest absolute Gasteiger partial charge is 0.417 e. The first-order chi connectivity index (χ1) is 10.4. The van der Waals surface area contributed by atoms with E-state index in [1.54, 1.807) is 0 Å². The van der Waals surface area contributed by atoms with Crippen LogP contribution in [0.4, 0.5) is 13.2 Å². The summed E-state index contributed by atoms with van der Waals surface area (Å²) in [5, 5.41) is 3.93. The van der Waals surface area contributed by atoms with Gasteiger partial charge in [0.15, 0.2) is 0 Å². The molecule has 10 heteroatoms. The van der Waals surface area contributed by atoms with Gasteiger partial charge in [0.2, 0.25) is 0 Å².